The summed E-state index contributed by atoms with van der Waals surface area (Å²) in [6, 6.07) is 3.91. The molecule has 31 heavy (non-hydrogen) atoms. The second kappa shape index (κ2) is 7.18. The minimum Gasteiger partial charge on any atom is -0.366 e. The second-order valence-corrected chi connectivity index (χ2v) is 7.28. The fraction of sp³-hybridized carbons (Fsp3) is 0.250. The van der Waals surface area contributed by atoms with Crippen LogP contribution in [0.15, 0.2) is 49.2 Å². The van der Waals surface area contributed by atoms with E-state index < -0.39 is 17.8 Å². The Morgan fingerprint density at radius 3 is 2.77 bits per heavy atom. The molecule has 2 bridgehead atoms. The van der Waals surface area contributed by atoms with Gasteiger partial charge in [0, 0.05) is 43.4 Å². The summed E-state index contributed by atoms with van der Waals surface area (Å²) in [6.45, 7) is 1.42. The molecule has 2 amide bonds. The number of nitrogens with one attached hydrogen (secondary N) is 1. The summed E-state index contributed by atoms with van der Waals surface area (Å²) in [4.78, 5) is 33.0. The normalized spacial score (nSPS) is 17.5. The number of aromatic nitrogens is 4. The lowest BCUT2D eigenvalue weighted by Crippen LogP contribution is -2.48. The summed E-state index contributed by atoms with van der Waals surface area (Å²) in [5.74, 6) is 0.692. The molecule has 0 aromatic carbocycles. The number of rotatable bonds is 2. The quantitative estimate of drug-likeness (QED) is 0.673. The zero-order valence-electron chi connectivity index (χ0n) is 16.0. The number of fused-ring (bicyclic) bond motifs is 4. The van der Waals surface area contributed by atoms with Crippen molar-refractivity contribution < 1.29 is 18.0 Å². The maximum Gasteiger partial charge on any atom is 0.417 e. The Bertz CT molecular complexity index is 1140. The Kier molecular flexibility index (Phi) is 4.45. The first-order valence-corrected chi connectivity index (χ1v) is 9.55. The van der Waals surface area contributed by atoms with E-state index in [0.29, 0.717) is 23.9 Å². The number of pyridine rings is 2. The third-order valence-electron chi connectivity index (χ3n) is 5.33. The van der Waals surface area contributed by atoms with Crippen molar-refractivity contribution in [3.63, 3.8) is 0 Å². The Morgan fingerprint density at radius 2 is 2.00 bits per heavy atom. The van der Waals surface area contributed by atoms with Crippen LogP contribution < -0.4 is 15.1 Å². The topological polar surface area (TPSA) is 87.1 Å². The van der Waals surface area contributed by atoms with Crippen molar-refractivity contribution in [3.8, 4) is 11.3 Å². The molecule has 5 heterocycles. The number of hydrogen-bond donors (Lipinski definition) is 1. The van der Waals surface area contributed by atoms with Crippen molar-refractivity contribution in [1.29, 1.82) is 0 Å². The number of alkyl halides is 3. The van der Waals surface area contributed by atoms with Crippen molar-refractivity contribution in [3.05, 3.63) is 54.7 Å². The van der Waals surface area contributed by atoms with Crippen molar-refractivity contribution in [1.82, 2.24) is 19.9 Å². The van der Waals surface area contributed by atoms with Gasteiger partial charge in [0.2, 0.25) is 0 Å². The van der Waals surface area contributed by atoms with Crippen molar-refractivity contribution in [2.24, 2.45) is 0 Å². The fourth-order valence-corrected chi connectivity index (χ4v) is 3.90. The summed E-state index contributed by atoms with van der Waals surface area (Å²) in [6.07, 6.45) is 2.74. The molecule has 158 valence electrons. The number of carbonyl (C=O) groups is 1. The maximum absolute atomic E-state index is 13.1. The molecule has 1 N–H and O–H groups in total. The molecule has 1 fully saturated rings. The first-order chi connectivity index (χ1) is 14.9. The largest absolute Gasteiger partial charge is 0.417 e. The zero-order valence-corrected chi connectivity index (χ0v) is 16.0. The van der Waals surface area contributed by atoms with Crippen LogP contribution in [0.5, 0.6) is 0 Å². The average molecular weight is 427 g/mol. The van der Waals surface area contributed by atoms with Gasteiger partial charge in [0.05, 0.1) is 29.2 Å². The highest BCUT2D eigenvalue weighted by Crippen LogP contribution is 2.40. The molecule has 0 saturated carbocycles. The van der Waals surface area contributed by atoms with Crippen LogP contribution in [0, 0.1) is 0 Å². The molecule has 1 saturated heterocycles. The van der Waals surface area contributed by atoms with Crippen LogP contribution in [0.3, 0.4) is 0 Å². The molecular formula is C20H16F3N7O. The highest BCUT2D eigenvalue weighted by molar-refractivity contribution is 6.04. The number of halogens is 3. The minimum atomic E-state index is -4.51. The number of urea groups is 1. The van der Waals surface area contributed by atoms with Crippen LogP contribution in [-0.2, 0) is 6.18 Å². The molecule has 11 heteroatoms. The minimum absolute atomic E-state index is 0.105. The summed E-state index contributed by atoms with van der Waals surface area (Å²) >= 11 is 0. The first kappa shape index (κ1) is 19.2. The van der Waals surface area contributed by atoms with Gasteiger partial charge >= 0.3 is 12.2 Å². The SMILES string of the molecule is O=C(Nc1cnccn1)N1c2nc(-c3cncc(C(F)(F)F)c3)ccc2N2CC[C@@H]1C2. The van der Waals surface area contributed by atoms with Crippen LogP contribution in [-0.4, -0.2) is 45.1 Å². The van der Waals surface area contributed by atoms with E-state index in [4.69, 9.17) is 0 Å². The van der Waals surface area contributed by atoms with Crippen LogP contribution >= 0.6 is 0 Å². The van der Waals surface area contributed by atoms with Crippen molar-refractivity contribution in [2.45, 2.75) is 18.6 Å². The highest BCUT2D eigenvalue weighted by atomic mass is 19.4. The maximum atomic E-state index is 13.1. The summed E-state index contributed by atoms with van der Waals surface area (Å²) < 4.78 is 39.3. The Morgan fingerprint density at radius 1 is 1.13 bits per heavy atom. The lowest BCUT2D eigenvalue weighted by Gasteiger charge is -2.35. The van der Waals surface area contributed by atoms with E-state index in [-0.39, 0.29) is 11.6 Å². The van der Waals surface area contributed by atoms with E-state index in [1.165, 1.54) is 24.8 Å². The van der Waals surface area contributed by atoms with E-state index in [0.717, 1.165) is 30.9 Å². The molecule has 0 radical (unpaired) electrons. The van der Waals surface area contributed by atoms with E-state index in [2.05, 4.69) is 30.2 Å². The molecule has 0 aliphatic carbocycles. The number of carbonyl (C=O) groups excluding carboxylic acids is 1. The van der Waals surface area contributed by atoms with Gasteiger partial charge in [-0.05, 0) is 24.6 Å². The molecule has 8 nitrogen and oxygen atoms in total. The van der Waals surface area contributed by atoms with Gasteiger partial charge in [-0.1, -0.05) is 0 Å². The van der Waals surface area contributed by atoms with Gasteiger partial charge in [-0.15, -0.1) is 0 Å². The second-order valence-electron chi connectivity index (χ2n) is 7.28. The summed E-state index contributed by atoms with van der Waals surface area (Å²) in [7, 11) is 0. The lowest BCUT2D eigenvalue weighted by molar-refractivity contribution is -0.137. The number of nitrogens with zero attached hydrogens (tertiary/aromatic N) is 6. The Balaban J connectivity index is 1.54. The van der Waals surface area contributed by atoms with Crippen LogP contribution in [0.4, 0.5) is 35.3 Å². The van der Waals surface area contributed by atoms with Gasteiger partial charge in [0.1, 0.15) is 0 Å². The standard InChI is InChI=1S/C20H16F3N7O/c21-20(22,23)13-7-12(8-25-9-13)15-1-2-16-18(27-15)30(14-3-6-29(16)11-14)19(31)28-17-10-24-4-5-26-17/h1-2,4-5,7-10,14H,3,6,11H2,(H,26,28,31)/t14-/m1/s1. The van der Waals surface area contributed by atoms with E-state index in [9.17, 15) is 18.0 Å². The van der Waals surface area contributed by atoms with Gasteiger partial charge in [0.15, 0.2) is 11.6 Å². The van der Waals surface area contributed by atoms with Gasteiger partial charge in [-0.2, -0.15) is 13.2 Å². The first-order valence-electron chi connectivity index (χ1n) is 9.55. The molecule has 2 aliphatic heterocycles. The lowest BCUT2D eigenvalue weighted by atomic mass is 10.1. The molecule has 1 atom stereocenters. The van der Waals surface area contributed by atoms with Crippen LogP contribution in [0.25, 0.3) is 11.3 Å². The van der Waals surface area contributed by atoms with Crippen LogP contribution in [0.1, 0.15) is 12.0 Å². The molecule has 3 aromatic heterocycles. The smallest absolute Gasteiger partial charge is 0.366 e. The summed E-state index contributed by atoms with van der Waals surface area (Å²) in [5, 5.41) is 2.72. The number of amides is 2. The van der Waals surface area contributed by atoms with Crippen molar-refractivity contribution in [2.75, 3.05) is 28.2 Å². The van der Waals surface area contributed by atoms with E-state index in [1.54, 1.807) is 17.0 Å². The van der Waals surface area contributed by atoms with E-state index >= 15 is 0 Å². The van der Waals surface area contributed by atoms with Crippen molar-refractivity contribution >= 4 is 23.4 Å². The van der Waals surface area contributed by atoms with Gasteiger partial charge in [-0.3, -0.25) is 20.2 Å². The Hall–Kier alpha value is -3.76. The van der Waals surface area contributed by atoms with E-state index in [1.807, 2.05) is 0 Å². The highest BCUT2D eigenvalue weighted by Gasteiger charge is 2.40. The predicted molar refractivity (Wildman–Crippen MR) is 107 cm³/mol. The monoisotopic (exact) mass is 427 g/mol. The van der Waals surface area contributed by atoms with Gasteiger partial charge in [-0.25, -0.2) is 14.8 Å². The third kappa shape index (κ3) is 3.51. The molecule has 3 aromatic rings. The van der Waals surface area contributed by atoms with Crippen LogP contribution in [0.2, 0.25) is 0 Å². The predicted octanol–water partition coefficient (Wildman–Crippen LogP) is 3.58. The number of hydrogen-bond acceptors (Lipinski definition) is 6. The molecule has 0 spiro atoms. The molecule has 2 aliphatic rings. The molecule has 5 rings (SSSR count). The fourth-order valence-electron chi connectivity index (χ4n) is 3.90. The Labute approximate surface area is 174 Å². The van der Waals surface area contributed by atoms with Gasteiger partial charge < -0.3 is 4.90 Å². The summed E-state index contributed by atoms with van der Waals surface area (Å²) in [5.41, 5.74) is 0.425. The third-order valence-corrected chi connectivity index (χ3v) is 5.33. The number of anilines is 3. The molecular weight excluding hydrogens is 411 g/mol. The average Bonchev–Trinajstić information content (AvgIpc) is 3.18. The molecule has 0 unspecified atom stereocenters. The van der Waals surface area contributed by atoms with Gasteiger partial charge in [0.25, 0.3) is 0 Å². The zero-order chi connectivity index (χ0) is 21.6.